The van der Waals surface area contributed by atoms with Gasteiger partial charge in [0.05, 0.1) is 0 Å². The molecular formula is C25H34N6O. The minimum Gasteiger partial charge on any atom is -0.399 e. The van der Waals surface area contributed by atoms with Crippen LogP contribution in [-0.2, 0) is 6.54 Å². The molecule has 2 aliphatic heterocycles. The number of anilines is 2. The molecule has 5 N–H and O–H groups in total. The van der Waals surface area contributed by atoms with Crippen molar-refractivity contribution in [1.82, 2.24) is 9.80 Å². The Morgan fingerprint density at radius 2 is 1.81 bits per heavy atom. The molecule has 32 heavy (non-hydrogen) atoms. The lowest BCUT2D eigenvalue weighted by Gasteiger charge is -2.42. The number of benzene rings is 2. The van der Waals surface area contributed by atoms with Crippen LogP contribution in [0.1, 0.15) is 30.9 Å². The number of nitrogen functional groups attached to an aromatic ring is 2. The van der Waals surface area contributed by atoms with Crippen molar-refractivity contribution < 1.29 is 4.79 Å². The lowest BCUT2D eigenvalue weighted by molar-refractivity contribution is 0.131. The quantitative estimate of drug-likeness (QED) is 0.369. The van der Waals surface area contributed by atoms with Crippen LogP contribution in [0.15, 0.2) is 48.5 Å². The maximum atomic E-state index is 13.3. The summed E-state index contributed by atoms with van der Waals surface area (Å²) < 4.78 is 0. The molecule has 1 unspecified atom stereocenters. The highest BCUT2D eigenvalue weighted by atomic mass is 16.2. The number of nitrogens with zero attached hydrogens (tertiary/aromatic N) is 3. The average molecular weight is 435 g/mol. The van der Waals surface area contributed by atoms with E-state index >= 15 is 0 Å². The monoisotopic (exact) mass is 434 g/mol. The molecule has 2 fully saturated rings. The van der Waals surface area contributed by atoms with Crippen molar-refractivity contribution in [3.8, 4) is 0 Å². The number of nitrogens with two attached hydrogens (primary N) is 2. The summed E-state index contributed by atoms with van der Waals surface area (Å²) in [6.07, 6.45) is 2.21. The van der Waals surface area contributed by atoms with Gasteiger partial charge in [-0.2, -0.15) is 0 Å². The number of likely N-dealkylation sites (tertiary alicyclic amines) is 1. The van der Waals surface area contributed by atoms with E-state index in [2.05, 4.69) is 24.0 Å². The number of carbonyl (C=O) groups is 1. The predicted molar refractivity (Wildman–Crippen MR) is 130 cm³/mol. The van der Waals surface area contributed by atoms with Gasteiger partial charge in [0.15, 0.2) is 0 Å². The van der Waals surface area contributed by atoms with Gasteiger partial charge >= 0.3 is 6.03 Å². The number of hydrogen-bond donors (Lipinski definition) is 3. The van der Waals surface area contributed by atoms with Crippen LogP contribution >= 0.6 is 0 Å². The molecular weight excluding hydrogens is 400 g/mol. The second kappa shape index (κ2) is 9.61. The minimum absolute atomic E-state index is 0.0203. The number of amides is 2. The van der Waals surface area contributed by atoms with Crippen molar-refractivity contribution in [3.05, 3.63) is 59.7 Å². The average Bonchev–Trinajstić information content (AvgIpc) is 2.79. The van der Waals surface area contributed by atoms with Crippen molar-refractivity contribution in [2.45, 2.75) is 26.3 Å². The van der Waals surface area contributed by atoms with Gasteiger partial charge in [-0.15, -0.1) is 0 Å². The third kappa shape index (κ3) is 5.22. The Labute approximate surface area is 190 Å². The second-order valence-electron chi connectivity index (χ2n) is 9.33. The summed E-state index contributed by atoms with van der Waals surface area (Å²) in [5, 5.41) is 7.70. The fraction of sp³-hybridized carbons (Fsp3) is 0.440. The Balaban J connectivity index is 1.35. The standard InChI is InChI=1S/C25H34N6O/c1-18-14-30(25(32)31(15-18)23-4-2-3-21(13-23)24(27)28)17-20-9-11-29(12-10-20)16-19-5-7-22(26)8-6-19/h2-8,13,18,20H,9-12,14-17,26H2,1H3,(H3,27,28). The SMILES string of the molecule is CC1CN(CC2CCN(Cc3ccc(N)cc3)CC2)C(=O)N(c2cccc(C(=N)N)c2)C1. The summed E-state index contributed by atoms with van der Waals surface area (Å²) in [6, 6.07) is 15.6. The Hall–Kier alpha value is -3.06. The lowest BCUT2D eigenvalue weighted by atomic mass is 9.95. The van der Waals surface area contributed by atoms with Gasteiger partial charge < -0.3 is 16.4 Å². The maximum absolute atomic E-state index is 13.3. The molecule has 2 amide bonds. The van der Waals surface area contributed by atoms with Crippen LogP contribution < -0.4 is 16.4 Å². The van der Waals surface area contributed by atoms with Crippen LogP contribution in [0.25, 0.3) is 0 Å². The van der Waals surface area contributed by atoms with E-state index in [-0.39, 0.29) is 11.9 Å². The Kier molecular flexibility index (Phi) is 6.65. The van der Waals surface area contributed by atoms with Gasteiger partial charge in [0.2, 0.25) is 0 Å². The topological polar surface area (TPSA) is 103 Å². The van der Waals surface area contributed by atoms with E-state index in [1.165, 1.54) is 5.56 Å². The van der Waals surface area contributed by atoms with Crippen molar-refractivity contribution in [3.63, 3.8) is 0 Å². The third-order valence-electron chi connectivity index (χ3n) is 6.57. The van der Waals surface area contributed by atoms with Crippen LogP contribution in [-0.4, -0.2) is 54.4 Å². The van der Waals surface area contributed by atoms with E-state index < -0.39 is 0 Å². The molecule has 2 aromatic rings. The molecule has 1 atom stereocenters. The molecule has 4 rings (SSSR count). The number of piperidine rings is 1. The Morgan fingerprint density at radius 1 is 1.09 bits per heavy atom. The van der Waals surface area contributed by atoms with Gasteiger partial charge in [-0.3, -0.25) is 15.2 Å². The molecule has 0 bridgehead atoms. The lowest BCUT2D eigenvalue weighted by Crippen LogP contribution is -2.54. The molecule has 2 aromatic carbocycles. The highest BCUT2D eigenvalue weighted by Crippen LogP contribution is 2.27. The molecule has 0 aromatic heterocycles. The largest absolute Gasteiger partial charge is 0.399 e. The zero-order chi connectivity index (χ0) is 22.7. The fourth-order valence-corrected chi connectivity index (χ4v) is 4.80. The number of urea groups is 1. The number of carbonyl (C=O) groups excluding carboxylic acids is 1. The van der Waals surface area contributed by atoms with Crippen LogP contribution in [0, 0.1) is 17.2 Å². The predicted octanol–water partition coefficient (Wildman–Crippen LogP) is 3.34. The van der Waals surface area contributed by atoms with E-state index in [9.17, 15) is 4.79 Å². The van der Waals surface area contributed by atoms with Crippen molar-refractivity contribution in [2.75, 3.05) is 43.4 Å². The van der Waals surface area contributed by atoms with Gasteiger partial charge in [0.25, 0.3) is 0 Å². The molecule has 2 saturated heterocycles. The Bertz CT molecular complexity index is 951. The molecule has 7 heteroatoms. The summed E-state index contributed by atoms with van der Waals surface area (Å²) in [5.74, 6) is 0.934. The smallest absolute Gasteiger partial charge is 0.324 e. The summed E-state index contributed by atoms with van der Waals surface area (Å²) >= 11 is 0. The number of amidine groups is 1. The van der Waals surface area contributed by atoms with Gasteiger partial charge in [-0.25, -0.2) is 4.79 Å². The van der Waals surface area contributed by atoms with Crippen LogP contribution in [0.4, 0.5) is 16.2 Å². The molecule has 2 heterocycles. The zero-order valence-corrected chi connectivity index (χ0v) is 18.8. The summed E-state index contributed by atoms with van der Waals surface area (Å²) in [4.78, 5) is 19.7. The number of rotatable bonds is 6. The summed E-state index contributed by atoms with van der Waals surface area (Å²) in [7, 11) is 0. The second-order valence-corrected chi connectivity index (χ2v) is 9.33. The highest BCUT2D eigenvalue weighted by Gasteiger charge is 2.33. The number of nitrogens with one attached hydrogen (secondary N) is 1. The first-order valence-corrected chi connectivity index (χ1v) is 11.5. The molecule has 7 nitrogen and oxygen atoms in total. The van der Waals surface area contributed by atoms with Crippen LogP contribution in [0.3, 0.4) is 0 Å². The molecule has 170 valence electrons. The first kappa shape index (κ1) is 22.1. The molecule has 0 radical (unpaired) electrons. The molecule has 0 saturated carbocycles. The normalized spacial score (nSPS) is 20.5. The van der Waals surface area contributed by atoms with Crippen molar-refractivity contribution in [1.29, 1.82) is 5.41 Å². The minimum atomic E-state index is 0.0203. The molecule has 0 aliphatic carbocycles. The zero-order valence-electron chi connectivity index (χ0n) is 18.8. The van der Waals surface area contributed by atoms with Crippen LogP contribution in [0.5, 0.6) is 0 Å². The van der Waals surface area contributed by atoms with Gasteiger partial charge in [0, 0.05) is 43.1 Å². The highest BCUT2D eigenvalue weighted by molar-refractivity contribution is 5.98. The van der Waals surface area contributed by atoms with Crippen LogP contribution in [0.2, 0.25) is 0 Å². The molecule has 2 aliphatic rings. The van der Waals surface area contributed by atoms with E-state index in [1.54, 1.807) is 6.07 Å². The van der Waals surface area contributed by atoms with Gasteiger partial charge in [0.1, 0.15) is 5.84 Å². The van der Waals surface area contributed by atoms with E-state index in [0.717, 1.165) is 56.9 Å². The third-order valence-corrected chi connectivity index (χ3v) is 6.57. The Morgan fingerprint density at radius 3 is 2.50 bits per heavy atom. The van der Waals surface area contributed by atoms with Crippen molar-refractivity contribution in [2.24, 2.45) is 17.6 Å². The van der Waals surface area contributed by atoms with Crippen molar-refractivity contribution >= 4 is 23.2 Å². The van der Waals surface area contributed by atoms with Gasteiger partial charge in [-0.05, 0) is 67.6 Å². The van der Waals surface area contributed by atoms with E-state index in [1.807, 2.05) is 40.1 Å². The fourth-order valence-electron chi connectivity index (χ4n) is 4.80. The van der Waals surface area contributed by atoms with Gasteiger partial charge in [-0.1, -0.05) is 31.2 Å². The summed E-state index contributed by atoms with van der Waals surface area (Å²) in [5.41, 5.74) is 15.0. The van der Waals surface area contributed by atoms with E-state index in [4.69, 9.17) is 16.9 Å². The first-order valence-electron chi connectivity index (χ1n) is 11.5. The molecule has 0 spiro atoms. The maximum Gasteiger partial charge on any atom is 0.324 e. The first-order chi connectivity index (χ1) is 15.4. The number of hydrogen-bond acceptors (Lipinski definition) is 4. The van der Waals surface area contributed by atoms with E-state index in [0.29, 0.717) is 23.9 Å². The summed E-state index contributed by atoms with van der Waals surface area (Å²) in [6.45, 7) is 7.54.